The van der Waals surface area contributed by atoms with E-state index in [2.05, 4.69) is 21.4 Å². The average Bonchev–Trinajstić information content (AvgIpc) is 2.97. The maximum Gasteiger partial charge on any atom is 0.222 e. The van der Waals surface area contributed by atoms with Crippen molar-refractivity contribution >= 4 is 11.6 Å². The fourth-order valence-corrected chi connectivity index (χ4v) is 2.00. The average molecular weight is 251 g/mol. The Hall–Kier alpha value is -2.81. The van der Waals surface area contributed by atoms with Gasteiger partial charge < -0.3 is 0 Å². The lowest BCUT2D eigenvalue weighted by Gasteiger charge is -2.02. The van der Waals surface area contributed by atoms with Gasteiger partial charge in [-0.05, 0) is 6.92 Å². The standard InChI is InChI=1S/C13H9N5O/c1-8(19)12-15-16-13-10(7-14)11(17-18(12)13)9-5-3-2-4-6-9/h2-6,12H,1H3. The molecule has 1 aliphatic heterocycles. The fourth-order valence-electron chi connectivity index (χ4n) is 2.00. The molecule has 1 aromatic carbocycles. The summed E-state index contributed by atoms with van der Waals surface area (Å²) in [4.78, 5) is 11.5. The molecular formula is C13H9N5O. The zero-order valence-electron chi connectivity index (χ0n) is 10.1. The number of hydrogen-bond acceptors (Lipinski definition) is 5. The molecule has 0 aliphatic carbocycles. The van der Waals surface area contributed by atoms with E-state index in [1.54, 1.807) is 0 Å². The van der Waals surface area contributed by atoms with Gasteiger partial charge in [0.2, 0.25) is 6.17 Å². The van der Waals surface area contributed by atoms with Crippen LogP contribution in [-0.4, -0.2) is 15.6 Å². The zero-order valence-corrected chi connectivity index (χ0v) is 10.1. The molecule has 0 saturated heterocycles. The molecule has 1 aromatic heterocycles. The van der Waals surface area contributed by atoms with E-state index < -0.39 is 6.17 Å². The highest BCUT2D eigenvalue weighted by atomic mass is 16.1. The molecule has 1 aliphatic rings. The summed E-state index contributed by atoms with van der Waals surface area (Å²) in [5.74, 6) is 0.190. The number of carbonyl (C=O) groups excluding carboxylic acids is 1. The summed E-state index contributed by atoms with van der Waals surface area (Å²) in [6, 6.07) is 11.4. The predicted molar refractivity (Wildman–Crippen MR) is 66.6 cm³/mol. The Morgan fingerprint density at radius 3 is 2.74 bits per heavy atom. The normalized spacial score (nSPS) is 16.1. The number of azo groups is 1. The smallest absolute Gasteiger partial charge is 0.222 e. The molecule has 0 fully saturated rings. The van der Waals surface area contributed by atoms with Crippen LogP contribution in [0.4, 0.5) is 5.82 Å². The number of ketones is 1. The molecule has 2 heterocycles. The summed E-state index contributed by atoms with van der Waals surface area (Å²) < 4.78 is 1.41. The molecule has 2 aromatic rings. The van der Waals surface area contributed by atoms with Crippen molar-refractivity contribution in [2.75, 3.05) is 0 Å². The Labute approximate surface area is 109 Å². The van der Waals surface area contributed by atoms with Gasteiger partial charge in [-0.2, -0.15) is 15.5 Å². The molecule has 1 unspecified atom stereocenters. The van der Waals surface area contributed by atoms with Gasteiger partial charge in [0.15, 0.2) is 11.6 Å². The number of fused-ring (bicyclic) bond motifs is 1. The summed E-state index contributed by atoms with van der Waals surface area (Å²) in [6.07, 6.45) is -0.750. The van der Waals surface area contributed by atoms with Crippen LogP contribution in [0.2, 0.25) is 0 Å². The Morgan fingerprint density at radius 2 is 2.11 bits per heavy atom. The second kappa shape index (κ2) is 4.14. The molecule has 0 radical (unpaired) electrons. The Bertz CT molecular complexity index is 723. The van der Waals surface area contributed by atoms with E-state index in [0.717, 1.165) is 5.56 Å². The van der Waals surface area contributed by atoms with Gasteiger partial charge in [0.05, 0.1) is 0 Å². The van der Waals surface area contributed by atoms with Crippen LogP contribution < -0.4 is 0 Å². The Morgan fingerprint density at radius 1 is 1.37 bits per heavy atom. The van der Waals surface area contributed by atoms with E-state index in [0.29, 0.717) is 17.1 Å². The van der Waals surface area contributed by atoms with Gasteiger partial charge in [-0.25, -0.2) is 4.68 Å². The molecule has 0 saturated carbocycles. The van der Waals surface area contributed by atoms with Crippen LogP contribution in [-0.2, 0) is 4.79 Å². The predicted octanol–water partition coefficient (Wildman–Crippen LogP) is 2.61. The molecule has 6 nitrogen and oxygen atoms in total. The van der Waals surface area contributed by atoms with E-state index in [1.165, 1.54) is 11.6 Å². The summed E-state index contributed by atoms with van der Waals surface area (Å²) >= 11 is 0. The first-order chi connectivity index (χ1) is 9.22. The highest BCUT2D eigenvalue weighted by Crippen LogP contribution is 2.37. The largest absolute Gasteiger partial charge is 0.295 e. The lowest BCUT2D eigenvalue weighted by atomic mass is 10.1. The van der Waals surface area contributed by atoms with Crippen molar-refractivity contribution in [3.05, 3.63) is 35.9 Å². The number of Topliss-reactive ketones (excluding diaryl/α,β-unsaturated/α-hetero) is 1. The Balaban J connectivity index is 2.20. The number of aromatic nitrogens is 2. The van der Waals surface area contributed by atoms with E-state index in [9.17, 15) is 10.1 Å². The van der Waals surface area contributed by atoms with Crippen LogP contribution in [0.25, 0.3) is 11.3 Å². The summed E-state index contributed by atoms with van der Waals surface area (Å²) in [5, 5.41) is 21.3. The van der Waals surface area contributed by atoms with Gasteiger partial charge in [0, 0.05) is 5.56 Å². The molecular weight excluding hydrogens is 242 g/mol. The van der Waals surface area contributed by atoms with E-state index in [1.807, 2.05) is 30.3 Å². The van der Waals surface area contributed by atoms with Crippen molar-refractivity contribution in [2.45, 2.75) is 13.1 Å². The summed E-state index contributed by atoms with van der Waals surface area (Å²) in [5.41, 5.74) is 1.69. The lowest BCUT2D eigenvalue weighted by molar-refractivity contribution is -0.120. The van der Waals surface area contributed by atoms with Gasteiger partial charge in [-0.15, -0.1) is 5.11 Å². The van der Waals surface area contributed by atoms with Gasteiger partial charge in [0.1, 0.15) is 17.3 Å². The highest BCUT2D eigenvalue weighted by molar-refractivity contribution is 5.82. The molecule has 6 heteroatoms. The fraction of sp³-hybridized carbons (Fsp3) is 0.154. The van der Waals surface area contributed by atoms with Crippen molar-refractivity contribution in [3.8, 4) is 17.3 Å². The second-order valence-corrected chi connectivity index (χ2v) is 4.17. The number of rotatable bonds is 2. The maximum atomic E-state index is 11.5. The topological polar surface area (TPSA) is 83.4 Å². The van der Waals surface area contributed by atoms with Crippen LogP contribution >= 0.6 is 0 Å². The van der Waals surface area contributed by atoms with Crippen LogP contribution in [0.3, 0.4) is 0 Å². The number of nitriles is 1. The van der Waals surface area contributed by atoms with Crippen LogP contribution in [0.1, 0.15) is 18.7 Å². The molecule has 92 valence electrons. The molecule has 3 rings (SSSR count). The van der Waals surface area contributed by atoms with Crippen molar-refractivity contribution in [2.24, 2.45) is 10.2 Å². The maximum absolute atomic E-state index is 11.5. The highest BCUT2D eigenvalue weighted by Gasteiger charge is 2.30. The zero-order chi connectivity index (χ0) is 13.4. The first kappa shape index (κ1) is 11.3. The molecule has 0 bridgehead atoms. The van der Waals surface area contributed by atoms with E-state index >= 15 is 0 Å². The van der Waals surface area contributed by atoms with Crippen LogP contribution in [0, 0.1) is 11.3 Å². The van der Waals surface area contributed by atoms with Gasteiger partial charge in [-0.1, -0.05) is 30.3 Å². The molecule has 0 N–H and O–H groups in total. The van der Waals surface area contributed by atoms with Crippen molar-refractivity contribution in [1.29, 1.82) is 5.26 Å². The first-order valence-corrected chi connectivity index (χ1v) is 5.71. The van der Waals surface area contributed by atoms with Gasteiger partial charge in [-0.3, -0.25) is 4.79 Å². The first-order valence-electron chi connectivity index (χ1n) is 5.71. The van der Waals surface area contributed by atoms with E-state index in [-0.39, 0.29) is 5.78 Å². The number of benzene rings is 1. The molecule has 1 atom stereocenters. The van der Waals surface area contributed by atoms with Crippen molar-refractivity contribution in [1.82, 2.24) is 9.78 Å². The summed E-state index contributed by atoms with van der Waals surface area (Å²) in [7, 11) is 0. The van der Waals surface area contributed by atoms with Crippen molar-refractivity contribution < 1.29 is 4.79 Å². The summed E-state index contributed by atoms with van der Waals surface area (Å²) in [6.45, 7) is 1.43. The van der Waals surface area contributed by atoms with Crippen LogP contribution in [0.15, 0.2) is 40.6 Å². The number of hydrogen-bond donors (Lipinski definition) is 0. The van der Waals surface area contributed by atoms with Crippen molar-refractivity contribution in [3.63, 3.8) is 0 Å². The van der Waals surface area contributed by atoms with Crippen LogP contribution in [0.5, 0.6) is 0 Å². The van der Waals surface area contributed by atoms with E-state index in [4.69, 9.17) is 0 Å². The minimum Gasteiger partial charge on any atom is -0.295 e. The number of carbonyl (C=O) groups is 1. The Kier molecular flexibility index (Phi) is 2.46. The third-order valence-electron chi connectivity index (χ3n) is 2.90. The van der Waals surface area contributed by atoms with Gasteiger partial charge >= 0.3 is 0 Å². The third-order valence-corrected chi connectivity index (χ3v) is 2.90. The molecule has 0 amide bonds. The second-order valence-electron chi connectivity index (χ2n) is 4.17. The minimum atomic E-state index is -0.750. The minimum absolute atomic E-state index is 0.158. The molecule has 19 heavy (non-hydrogen) atoms. The van der Waals surface area contributed by atoms with Gasteiger partial charge in [0.25, 0.3) is 0 Å². The number of nitrogens with zero attached hydrogens (tertiary/aromatic N) is 5. The molecule has 0 spiro atoms. The third kappa shape index (κ3) is 1.64. The lowest BCUT2D eigenvalue weighted by Crippen LogP contribution is -2.12. The quantitative estimate of drug-likeness (QED) is 0.822. The monoisotopic (exact) mass is 251 g/mol. The SMILES string of the molecule is CC(=O)C1N=Nc2c(C#N)c(-c3ccccc3)nn21.